The van der Waals surface area contributed by atoms with Crippen LogP contribution in [-0.4, -0.2) is 38.2 Å². The number of carbonyl (C=O) groups excluding carboxylic acids is 2. The second-order valence-electron chi connectivity index (χ2n) is 5.65. The molecule has 2 amide bonds. The average Bonchev–Trinajstić information content (AvgIpc) is 2.70. The highest BCUT2D eigenvalue weighted by atomic mass is 16.5. The SMILES string of the molecule is CCN(CC)c1ccc(C=NNC(=O)C(=O)Nc2ccc(OC)cc2)cc1. The Bertz CT molecular complexity index is 782. The first kappa shape index (κ1) is 20.0. The summed E-state index contributed by atoms with van der Waals surface area (Å²) >= 11 is 0. The maximum absolute atomic E-state index is 11.9. The first-order valence-corrected chi connectivity index (χ1v) is 8.70. The largest absolute Gasteiger partial charge is 0.497 e. The predicted octanol–water partition coefficient (Wildman–Crippen LogP) is 2.63. The van der Waals surface area contributed by atoms with Crippen molar-refractivity contribution in [2.75, 3.05) is 30.4 Å². The highest BCUT2D eigenvalue weighted by molar-refractivity contribution is 6.39. The lowest BCUT2D eigenvalue weighted by Crippen LogP contribution is -2.32. The molecule has 27 heavy (non-hydrogen) atoms. The van der Waals surface area contributed by atoms with E-state index in [-0.39, 0.29) is 0 Å². The van der Waals surface area contributed by atoms with E-state index in [0.717, 1.165) is 24.3 Å². The van der Waals surface area contributed by atoms with E-state index in [2.05, 4.69) is 34.6 Å². The van der Waals surface area contributed by atoms with Gasteiger partial charge in [-0.1, -0.05) is 12.1 Å². The monoisotopic (exact) mass is 368 g/mol. The van der Waals surface area contributed by atoms with Crippen LogP contribution in [0.2, 0.25) is 0 Å². The molecule has 0 saturated carbocycles. The molecule has 142 valence electrons. The fourth-order valence-corrected chi connectivity index (χ4v) is 2.44. The summed E-state index contributed by atoms with van der Waals surface area (Å²) in [6, 6.07) is 14.5. The Balaban J connectivity index is 1.87. The van der Waals surface area contributed by atoms with Crippen LogP contribution in [0.3, 0.4) is 0 Å². The number of rotatable bonds is 7. The van der Waals surface area contributed by atoms with E-state index in [1.807, 2.05) is 24.3 Å². The first-order chi connectivity index (χ1) is 13.1. The molecule has 2 rings (SSSR count). The Morgan fingerprint density at radius 2 is 1.63 bits per heavy atom. The zero-order valence-corrected chi connectivity index (χ0v) is 15.7. The second-order valence-corrected chi connectivity index (χ2v) is 5.65. The third-order valence-electron chi connectivity index (χ3n) is 3.96. The number of anilines is 2. The van der Waals surface area contributed by atoms with Crippen molar-refractivity contribution in [1.29, 1.82) is 0 Å². The van der Waals surface area contributed by atoms with E-state index in [4.69, 9.17) is 4.74 Å². The third kappa shape index (κ3) is 5.85. The lowest BCUT2D eigenvalue weighted by molar-refractivity contribution is -0.136. The molecule has 0 radical (unpaired) electrons. The summed E-state index contributed by atoms with van der Waals surface area (Å²) in [7, 11) is 1.55. The average molecular weight is 368 g/mol. The number of benzene rings is 2. The van der Waals surface area contributed by atoms with Crippen LogP contribution in [0, 0.1) is 0 Å². The van der Waals surface area contributed by atoms with Gasteiger partial charge in [0.05, 0.1) is 13.3 Å². The Labute approximate surface area is 159 Å². The second kappa shape index (κ2) is 9.96. The quantitative estimate of drug-likeness (QED) is 0.447. The van der Waals surface area contributed by atoms with E-state index >= 15 is 0 Å². The van der Waals surface area contributed by atoms with Crippen molar-refractivity contribution in [3.8, 4) is 5.75 Å². The maximum Gasteiger partial charge on any atom is 0.329 e. The Morgan fingerprint density at radius 1 is 1.00 bits per heavy atom. The van der Waals surface area contributed by atoms with Crippen LogP contribution in [0.1, 0.15) is 19.4 Å². The number of hydrazone groups is 1. The van der Waals surface area contributed by atoms with Gasteiger partial charge in [-0.15, -0.1) is 0 Å². The third-order valence-corrected chi connectivity index (χ3v) is 3.96. The van der Waals surface area contributed by atoms with Crippen LogP contribution in [0.5, 0.6) is 5.75 Å². The molecule has 7 heteroatoms. The minimum absolute atomic E-state index is 0.493. The van der Waals surface area contributed by atoms with Crippen LogP contribution < -0.4 is 20.4 Å². The van der Waals surface area contributed by atoms with Gasteiger partial charge in [-0.2, -0.15) is 5.10 Å². The van der Waals surface area contributed by atoms with E-state index in [0.29, 0.717) is 11.4 Å². The maximum atomic E-state index is 11.9. The number of hydrogen-bond acceptors (Lipinski definition) is 5. The number of carbonyl (C=O) groups is 2. The molecular formula is C20H24N4O3. The summed E-state index contributed by atoms with van der Waals surface area (Å²) in [6.07, 6.45) is 1.49. The molecule has 0 bridgehead atoms. The van der Waals surface area contributed by atoms with Gasteiger partial charge in [0.15, 0.2) is 0 Å². The lowest BCUT2D eigenvalue weighted by Gasteiger charge is -2.20. The molecule has 2 N–H and O–H groups in total. The summed E-state index contributed by atoms with van der Waals surface area (Å²) in [5.41, 5.74) is 4.66. The fourth-order valence-electron chi connectivity index (χ4n) is 2.44. The van der Waals surface area contributed by atoms with Gasteiger partial charge in [0.2, 0.25) is 0 Å². The fraction of sp³-hybridized carbons (Fsp3) is 0.250. The molecule has 2 aromatic carbocycles. The number of amides is 2. The van der Waals surface area contributed by atoms with E-state index < -0.39 is 11.8 Å². The standard InChI is InChI=1S/C20H24N4O3/c1-4-24(5-2)17-10-6-15(7-11-17)14-21-23-20(26)19(25)22-16-8-12-18(27-3)13-9-16/h6-14H,4-5H2,1-3H3,(H,22,25)(H,23,26). The van der Waals surface area contributed by atoms with E-state index in [9.17, 15) is 9.59 Å². The first-order valence-electron chi connectivity index (χ1n) is 8.70. The zero-order chi connectivity index (χ0) is 19.6. The molecular weight excluding hydrogens is 344 g/mol. The topological polar surface area (TPSA) is 83.0 Å². The van der Waals surface area contributed by atoms with Gasteiger partial charge in [-0.05, 0) is 55.8 Å². The van der Waals surface area contributed by atoms with Gasteiger partial charge in [0.1, 0.15) is 5.75 Å². The van der Waals surface area contributed by atoms with E-state index in [1.54, 1.807) is 31.4 Å². The van der Waals surface area contributed by atoms with Crippen molar-refractivity contribution < 1.29 is 14.3 Å². The highest BCUT2D eigenvalue weighted by Crippen LogP contribution is 2.15. The van der Waals surface area contributed by atoms with Crippen molar-refractivity contribution in [2.45, 2.75) is 13.8 Å². The van der Waals surface area contributed by atoms with Gasteiger partial charge >= 0.3 is 11.8 Å². The summed E-state index contributed by atoms with van der Waals surface area (Å²) in [6.45, 7) is 6.07. The van der Waals surface area contributed by atoms with Gasteiger partial charge in [0.25, 0.3) is 0 Å². The minimum atomic E-state index is -0.846. The molecule has 0 heterocycles. The summed E-state index contributed by atoms with van der Waals surface area (Å²) < 4.78 is 5.04. The number of nitrogens with zero attached hydrogens (tertiary/aromatic N) is 2. The minimum Gasteiger partial charge on any atom is -0.497 e. The number of nitrogens with one attached hydrogen (secondary N) is 2. The molecule has 0 aliphatic heterocycles. The van der Waals surface area contributed by atoms with E-state index in [1.165, 1.54) is 6.21 Å². The van der Waals surface area contributed by atoms with Crippen LogP contribution in [0.4, 0.5) is 11.4 Å². The Morgan fingerprint density at radius 3 is 2.19 bits per heavy atom. The molecule has 0 unspecified atom stereocenters. The molecule has 0 fully saturated rings. The molecule has 0 saturated heterocycles. The van der Waals surface area contributed by atoms with Gasteiger partial charge in [-0.3, -0.25) is 9.59 Å². The van der Waals surface area contributed by atoms with Gasteiger partial charge in [-0.25, -0.2) is 5.43 Å². The lowest BCUT2D eigenvalue weighted by atomic mass is 10.2. The molecule has 0 spiro atoms. The van der Waals surface area contributed by atoms with Crippen LogP contribution >= 0.6 is 0 Å². The van der Waals surface area contributed by atoms with Crippen LogP contribution in [0.15, 0.2) is 53.6 Å². The summed E-state index contributed by atoms with van der Waals surface area (Å²) in [4.78, 5) is 25.9. The van der Waals surface area contributed by atoms with Crippen LogP contribution in [0.25, 0.3) is 0 Å². The zero-order valence-electron chi connectivity index (χ0n) is 15.7. The van der Waals surface area contributed by atoms with Crippen LogP contribution in [-0.2, 0) is 9.59 Å². The highest BCUT2D eigenvalue weighted by Gasteiger charge is 2.12. The molecule has 0 aromatic heterocycles. The Hall–Kier alpha value is -3.35. The number of ether oxygens (including phenoxy) is 1. The molecule has 0 aliphatic rings. The van der Waals surface area contributed by atoms with Gasteiger partial charge < -0.3 is 15.0 Å². The Kier molecular flexibility index (Phi) is 7.37. The van der Waals surface area contributed by atoms with Crippen molar-refractivity contribution in [3.05, 3.63) is 54.1 Å². The van der Waals surface area contributed by atoms with Crippen molar-refractivity contribution in [2.24, 2.45) is 5.10 Å². The normalized spacial score (nSPS) is 10.5. The summed E-state index contributed by atoms with van der Waals surface area (Å²) in [5.74, 6) is -0.981. The van der Waals surface area contributed by atoms with Gasteiger partial charge in [0, 0.05) is 24.5 Å². The predicted molar refractivity (Wildman–Crippen MR) is 107 cm³/mol. The molecule has 2 aromatic rings. The number of hydrogen-bond donors (Lipinski definition) is 2. The molecule has 7 nitrogen and oxygen atoms in total. The van der Waals surface area contributed by atoms with Crippen molar-refractivity contribution in [1.82, 2.24) is 5.43 Å². The van der Waals surface area contributed by atoms with Crippen molar-refractivity contribution in [3.63, 3.8) is 0 Å². The number of methoxy groups -OCH3 is 1. The molecule has 0 atom stereocenters. The summed E-state index contributed by atoms with van der Waals surface area (Å²) in [5, 5.41) is 6.32. The van der Waals surface area contributed by atoms with Crippen molar-refractivity contribution >= 4 is 29.4 Å². The smallest absolute Gasteiger partial charge is 0.329 e. The molecule has 0 aliphatic carbocycles.